The van der Waals surface area contributed by atoms with Crippen molar-refractivity contribution < 1.29 is 14.3 Å². The van der Waals surface area contributed by atoms with Gasteiger partial charge >= 0.3 is 5.97 Å². The number of aromatic nitrogens is 2. The van der Waals surface area contributed by atoms with Crippen molar-refractivity contribution in [1.82, 2.24) is 9.78 Å². The van der Waals surface area contributed by atoms with E-state index in [0.29, 0.717) is 17.9 Å². The number of esters is 1. The molecule has 1 heterocycles. The highest BCUT2D eigenvalue weighted by Crippen LogP contribution is 2.11. The average Bonchev–Trinajstić information content (AvgIpc) is 2.92. The van der Waals surface area contributed by atoms with Crippen LogP contribution in [0, 0.1) is 0 Å². The predicted octanol–water partition coefficient (Wildman–Crippen LogP) is 2.25. The van der Waals surface area contributed by atoms with Crippen LogP contribution in [0.3, 0.4) is 0 Å². The van der Waals surface area contributed by atoms with E-state index in [2.05, 4.69) is 10.4 Å². The maximum atomic E-state index is 11.8. The monoisotopic (exact) mass is 299 g/mol. The van der Waals surface area contributed by atoms with Crippen LogP contribution in [0.4, 0.5) is 5.69 Å². The summed E-state index contributed by atoms with van der Waals surface area (Å²) in [5.41, 5.74) is 1.90. The number of nitrogens with one attached hydrogen (secondary N) is 1. The van der Waals surface area contributed by atoms with Crippen LogP contribution in [0.1, 0.15) is 22.8 Å². The molecule has 6 heteroatoms. The van der Waals surface area contributed by atoms with Gasteiger partial charge in [0.25, 0.3) is 0 Å². The fourth-order valence-corrected chi connectivity index (χ4v) is 1.79. The number of carbonyl (C=O) groups excluding carboxylic acids is 2. The van der Waals surface area contributed by atoms with Gasteiger partial charge in [-0.1, -0.05) is 0 Å². The highest BCUT2D eigenvalue weighted by molar-refractivity contribution is 6.02. The fourth-order valence-electron chi connectivity index (χ4n) is 1.79. The van der Waals surface area contributed by atoms with Crippen LogP contribution in [0.25, 0.3) is 6.08 Å². The number of ether oxygens (including phenoxy) is 1. The van der Waals surface area contributed by atoms with Gasteiger partial charge in [-0.2, -0.15) is 5.10 Å². The van der Waals surface area contributed by atoms with Crippen molar-refractivity contribution >= 4 is 23.6 Å². The summed E-state index contributed by atoms with van der Waals surface area (Å²) in [6, 6.07) is 6.53. The standard InChI is InChI=1S/C16H17N3O3/c1-3-22-16(21)13-5-7-14(8-6-13)18-15(20)9-4-12-10-17-19(2)11-12/h4-11H,3H2,1-2H3,(H,18,20). The highest BCUT2D eigenvalue weighted by atomic mass is 16.5. The van der Waals surface area contributed by atoms with E-state index in [1.54, 1.807) is 54.3 Å². The third-order valence-electron chi connectivity index (χ3n) is 2.82. The molecule has 2 rings (SSSR count). The summed E-state index contributed by atoms with van der Waals surface area (Å²) >= 11 is 0. The number of anilines is 1. The van der Waals surface area contributed by atoms with Crippen LogP contribution < -0.4 is 5.32 Å². The average molecular weight is 299 g/mol. The molecule has 1 aromatic heterocycles. The molecule has 0 aliphatic carbocycles. The Labute approximate surface area is 128 Å². The molecule has 1 aromatic carbocycles. The molecule has 0 aliphatic rings. The van der Waals surface area contributed by atoms with Gasteiger partial charge in [-0.3, -0.25) is 9.48 Å². The summed E-state index contributed by atoms with van der Waals surface area (Å²) in [6.07, 6.45) is 6.57. The zero-order valence-corrected chi connectivity index (χ0v) is 12.4. The maximum Gasteiger partial charge on any atom is 0.338 e. The first kappa shape index (κ1) is 15.5. The Morgan fingerprint density at radius 2 is 2.05 bits per heavy atom. The fraction of sp³-hybridized carbons (Fsp3) is 0.188. The lowest BCUT2D eigenvalue weighted by Crippen LogP contribution is -2.08. The second kappa shape index (κ2) is 7.21. The summed E-state index contributed by atoms with van der Waals surface area (Å²) in [7, 11) is 1.81. The molecular formula is C16H17N3O3. The van der Waals surface area contributed by atoms with Crippen molar-refractivity contribution in [2.45, 2.75) is 6.92 Å². The van der Waals surface area contributed by atoms with Gasteiger partial charge in [0.2, 0.25) is 5.91 Å². The molecule has 0 fully saturated rings. The van der Waals surface area contributed by atoms with Gasteiger partial charge in [-0.25, -0.2) is 4.79 Å². The molecule has 114 valence electrons. The third-order valence-corrected chi connectivity index (χ3v) is 2.82. The normalized spacial score (nSPS) is 10.6. The van der Waals surface area contributed by atoms with Crippen LogP contribution in [0.15, 0.2) is 42.7 Å². The summed E-state index contributed by atoms with van der Waals surface area (Å²) in [4.78, 5) is 23.3. The van der Waals surface area contributed by atoms with Crippen molar-refractivity contribution in [3.8, 4) is 0 Å². The van der Waals surface area contributed by atoms with Crippen LogP contribution in [0.2, 0.25) is 0 Å². The Bertz CT molecular complexity index is 687. The second-order valence-electron chi connectivity index (χ2n) is 4.57. The summed E-state index contributed by atoms with van der Waals surface area (Å²) in [5.74, 6) is -0.635. The van der Waals surface area contributed by atoms with Crippen molar-refractivity contribution in [1.29, 1.82) is 0 Å². The Hall–Kier alpha value is -2.89. The molecule has 0 spiro atoms. The molecule has 1 amide bonds. The largest absolute Gasteiger partial charge is 0.462 e. The van der Waals surface area contributed by atoms with E-state index < -0.39 is 0 Å². The molecule has 6 nitrogen and oxygen atoms in total. The molecule has 0 atom stereocenters. The molecule has 0 radical (unpaired) electrons. The smallest absolute Gasteiger partial charge is 0.338 e. The number of carbonyl (C=O) groups is 2. The SMILES string of the molecule is CCOC(=O)c1ccc(NC(=O)C=Cc2cnn(C)c2)cc1. The maximum absolute atomic E-state index is 11.8. The van der Waals surface area contributed by atoms with E-state index in [0.717, 1.165) is 5.56 Å². The van der Waals surface area contributed by atoms with Crippen molar-refractivity contribution in [2.24, 2.45) is 7.05 Å². The zero-order valence-electron chi connectivity index (χ0n) is 12.4. The third kappa shape index (κ3) is 4.31. The first-order chi connectivity index (χ1) is 10.6. The van der Waals surface area contributed by atoms with Crippen LogP contribution in [-0.2, 0) is 16.6 Å². The van der Waals surface area contributed by atoms with E-state index >= 15 is 0 Å². The Kier molecular flexibility index (Phi) is 5.08. The number of aryl methyl sites for hydroxylation is 1. The molecule has 2 aromatic rings. The first-order valence-corrected chi connectivity index (χ1v) is 6.83. The Balaban J connectivity index is 1.94. The highest BCUT2D eigenvalue weighted by Gasteiger charge is 2.06. The van der Waals surface area contributed by atoms with E-state index in [1.807, 2.05) is 7.05 Å². The van der Waals surface area contributed by atoms with Gasteiger partial charge in [0.1, 0.15) is 0 Å². The van der Waals surface area contributed by atoms with Gasteiger partial charge in [-0.05, 0) is 37.3 Å². The number of hydrogen-bond donors (Lipinski definition) is 1. The lowest BCUT2D eigenvalue weighted by atomic mass is 10.2. The van der Waals surface area contributed by atoms with Crippen molar-refractivity contribution in [2.75, 3.05) is 11.9 Å². The zero-order chi connectivity index (χ0) is 15.9. The van der Waals surface area contributed by atoms with Gasteiger partial charge in [0.05, 0.1) is 18.4 Å². The quantitative estimate of drug-likeness (QED) is 0.679. The number of amides is 1. The number of nitrogens with zero attached hydrogens (tertiary/aromatic N) is 2. The number of benzene rings is 1. The van der Waals surface area contributed by atoms with Gasteiger partial charge in [0.15, 0.2) is 0 Å². The van der Waals surface area contributed by atoms with Crippen LogP contribution in [-0.4, -0.2) is 28.3 Å². The summed E-state index contributed by atoms with van der Waals surface area (Å²) < 4.78 is 6.55. The second-order valence-corrected chi connectivity index (χ2v) is 4.57. The minimum absolute atomic E-state index is 0.257. The number of hydrogen-bond acceptors (Lipinski definition) is 4. The predicted molar refractivity (Wildman–Crippen MR) is 83.3 cm³/mol. The minimum atomic E-state index is -0.378. The molecule has 1 N–H and O–H groups in total. The molecule has 0 saturated carbocycles. The van der Waals surface area contributed by atoms with Crippen molar-refractivity contribution in [3.63, 3.8) is 0 Å². The Morgan fingerprint density at radius 3 is 2.64 bits per heavy atom. The molecule has 22 heavy (non-hydrogen) atoms. The lowest BCUT2D eigenvalue weighted by molar-refractivity contribution is -0.111. The van der Waals surface area contributed by atoms with Crippen LogP contribution >= 0.6 is 0 Å². The molecule has 0 unspecified atom stereocenters. The van der Waals surface area contributed by atoms with Gasteiger partial charge in [-0.15, -0.1) is 0 Å². The van der Waals surface area contributed by atoms with E-state index in [9.17, 15) is 9.59 Å². The summed E-state index contributed by atoms with van der Waals surface area (Å²) in [6.45, 7) is 2.08. The topological polar surface area (TPSA) is 73.2 Å². The van der Waals surface area contributed by atoms with Gasteiger partial charge in [0, 0.05) is 30.6 Å². The first-order valence-electron chi connectivity index (χ1n) is 6.83. The Morgan fingerprint density at radius 1 is 1.32 bits per heavy atom. The molecule has 0 aliphatic heterocycles. The van der Waals surface area contributed by atoms with E-state index in [1.165, 1.54) is 6.08 Å². The van der Waals surface area contributed by atoms with Crippen LogP contribution in [0.5, 0.6) is 0 Å². The molecular weight excluding hydrogens is 282 g/mol. The minimum Gasteiger partial charge on any atom is -0.462 e. The van der Waals surface area contributed by atoms with E-state index in [-0.39, 0.29) is 11.9 Å². The molecule has 0 saturated heterocycles. The molecule has 0 bridgehead atoms. The number of rotatable bonds is 5. The van der Waals surface area contributed by atoms with Crippen molar-refractivity contribution in [3.05, 3.63) is 53.9 Å². The van der Waals surface area contributed by atoms with E-state index in [4.69, 9.17) is 4.74 Å². The van der Waals surface area contributed by atoms with Gasteiger partial charge < -0.3 is 10.1 Å². The summed E-state index contributed by atoms with van der Waals surface area (Å²) in [5, 5.41) is 6.72. The lowest BCUT2D eigenvalue weighted by Gasteiger charge is -2.04.